The van der Waals surface area contributed by atoms with Crippen LogP contribution in [0.2, 0.25) is 0 Å². The van der Waals surface area contributed by atoms with Crippen molar-refractivity contribution in [3.05, 3.63) is 0 Å². The molecular weight excluding hydrogens is 297 g/mol. The molecule has 2 aliphatic rings. The average molecular weight is 331 g/mol. The highest BCUT2D eigenvalue weighted by atomic mass is 31.2. The van der Waals surface area contributed by atoms with E-state index in [-0.39, 0.29) is 5.41 Å². The molecule has 0 aromatic carbocycles. The molecule has 130 valence electrons. The van der Waals surface area contributed by atoms with Crippen molar-refractivity contribution < 1.29 is 13.6 Å². The largest absolute Gasteiger partial charge is 0.350 e. The van der Waals surface area contributed by atoms with Gasteiger partial charge in [0.2, 0.25) is 0 Å². The van der Waals surface area contributed by atoms with Crippen LogP contribution in [-0.2, 0) is 13.6 Å². The van der Waals surface area contributed by atoms with Crippen LogP contribution in [0.25, 0.3) is 0 Å². The number of hydrogen-bond donors (Lipinski definition) is 1. The SMILES string of the molecule is CCOP(=O)(OCC)[C@@]1(C)N[C@@H](C2CCCCC2)CC1(C)C. The van der Waals surface area contributed by atoms with Gasteiger partial charge in [-0.05, 0) is 51.4 Å². The standard InChI is InChI=1S/C17H34NO3P/c1-6-20-22(19,21-7-2)17(5)16(3,4)13-15(18-17)14-11-9-8-10-12-14/h14-15,18H,6-13H2,1-5H3/t15-,17-/m1/s1. The van der Waals surface area contributed by atoms with Gasteiger partial charge in [0.25, 0.3) is 0 Å². The van der Waals surface area contributed by atoms with E-state index in [4.69, 9.17) is 9.05 Å². The van der Waals surface area contributed by atoms with Crippen molar-refractivity contribution >= 4 is 7.60 Å². The lowest BCUT2D eigenvalue weighted by Crippen LogP contribution is -2.49. The predicted octanol–water partition coefficient (Wildman–Crippen LogP) is 4.94. The smallest absolute Gasteiger partial charge is 0.308 e. The predicted molar refractivity (Wildman–Crippen MR) is 91.2 cm³/mol. The molecule has 2 rings (SSSR count). The van der Waals surface area contributed by atoms with E-state index >= 15 is 0 Å². The summed E-state index contributed by atoms with van der Waals surface area (Å²) in [6, 6.07) is 0.425. The van der Waals surface area contributed by atoms with Crippen molar-refractivity contribution in [2.45, 2.75) is 84.5 Å². The third-order valence-corrected chi connectivity index (χ3v) is 8.91. The summed E-state index contributed by atoms with van der Waals surface area (Å²) in [6.07, 6.45) is 7.64. The van der Waals surface area contributed by atoms with E-state index in [0.29, 0.717) is 25.2 Å². The molecule has 0 amide bonds. The van der Waals surface area contributed by atoms with Crippen molar-refractivity contribution in [2.24, 2.45) is 11.3 Å². The van der Waals surface area contributed by atoms with Gasteiger partial charge in [-0.1, -0.05) is 33.1 Å². The van der Waals surface area contributed by atoms with Crippen molar-refractivity contribution in [3.8, 4) is 0 Å². The van der Waals surface area contributed by atoms with Crippen LogP contribution in [0, 0.1) is 11.3 Å². The third-order valence-electron chi connectivity index (χ3n) is 5.88. The van der Waals surface area contributed by atoms with E-state index in [1.54, 1.807) is 0 Å². The van der Waals surface area contributed by atoms with Crippen LogP contribution in [0.4, 0.5) is 0 Å². The van der Waals surface area contributed by atoms with Gasteiger partial charge in [-0.2, -0.15) is 0 Å². The molecule has 22 heavy (non-hydrogen) atoms. The Hall–Kier alpha value is 0.110. The van der Waals surface area contributed by atoms with Gasteiger partial charge in [0.1, 0.15) is 5.28 Å². The molecule has 0 bridgehead atoms. The number of rotatable bonds is 6. The molecule has 0 radical (unpaired) electrons. The van der Waals surface area contributed by atoms with E-state index in [9.17, 15) is 4.57 Å². The van der Waals surface area contributed by atoms with Crippen LogP contribution in [-0.4, -0.2) is 24.5 Å². The topological polar surface area (TPSA) is 47.6 Å². The Labute approximate surface area is 136 Å². The highest BCUT2D eigenvalue weighted by molar-refractivity contribution is 7.55. The molecule has 1 saturated heterocycles. The number of hydrogen-bond acceptors (Lipinski definition) is 4. The van der Waals surface area contributed by atoms with Crippen LogP contribution in [0.1, 0.15) is 73.1 Å². The summed E-state index contributed by atoms with van der Waals surface area (Å²) in [7, 11) is -3.20. The zero-order chi connectivity index (χ0) is 16.4. The summed E-state index contributed by atoms with van der Waals surface area (Å²) in [5.41, 5.74) is -0.116. The lowest BCUT2D eigenvalue weighted by atomic mass is 9.78. The first-order valence-electron chi connectivity index (χ1n) is 8.96. The molecule has 1 heterocycles. The molecule has 2 atom stereocenters. The van der Waals surface area contributed by atoms with Crippen LogP contribution < -0.4 is 5.32 Å². The van der Waals surface area contributed by atoms with Gasteiger partial charge in [0.05, 0.1) is 13.2 Å². The molecule has 0 aromatic heterocycles. The highest BCUT2D eigenvalue weighted by Gasteiger charge is 2.62. The molecule has 0 unspecified atom stereocenters. The molecule has 1 aliphatic heterocycles. The summed E-state index contributed by atoms with van der Waals surface area (Å²) >= 11 is 0. The van der Waals surface area contributed by atoms with Crippen molar-refractivity contribution in [2.75, 3.05) is 13.2 Å². The van der Waals surface area contributed by atoms with Crippen molar-refractivity contribution in [1.82, 2.24) is 5.32 Å². The summed E-state index contributed by atoms with van der Waals surface area (Å²) in [5.74, 6) is 0.701. The van der Waals surface area contributed by atoms with Gasteiger partial charge in [-0.15, -0.1) is 0 Å². The quantitative estimate of drug-likeness (QED) is 0.701. The Morgan fingerprint density at radius 1 is 1.05 bits per heavy atom. The fourth-order valence-electron chi connectivity index (χ4n) is 4.26. The second-order valence-electron chi connectivity index (χ2n) is 7.64. The molecular formula is C17H34NO3P. The minimum absolute atomic E-state index is 0.116. The van der Waals surface area contributed by atoms with Gasteiger partial charge >= 0.3 is 7.60 Å². The summed E-state index contributed by atoms with van der Waals surface area (Å²) in [5, 5.41) is 3.11. The summed E-state index contributed by atoms with van der Waals surface area (Å²) in [6.45, 7) is 11.0. The van der Waals surface area contributed by atoms with Crippen LogP contribution in [0.5, 0.6) is 0 Å². The Morgan fingerprint density at radius 3 is 2.09 bits per heavy atom. The minimum atomic E-state index is -3.20. The van der Waals surface area contributed by atoms with E-state index in [1.165, 1.54) is 32.1 Å². The van der Waals surface area contributed by atoms with Crippen molar-refractivity contribution in [3.63, 3.8) is 0 Å². The minimum Gasteiger partial charge on any atom is -0.308 e. The normalized spacial score (nSPS) is 33.2. The Kier molecular flexibility index (Phi) is 5.81. The second-order valence-corrected chi connectivity index (χ2v) is 10.0. The molecule has 0 aromatic rings. The first-order chi connectivity index (χ1) is 10.3. The Morgan fingerprint density at radius 2 is 1.59 bits per heavy atom. The van der Waals surface area contributed by atoms with E-state index in [0.717, 1.165) is 6.42 Å². The molecule has 1 aliphatic carbocycles. The lowest BCUT2D eigenvalue weighted by Gasteiger charge is -2.42. The van der Waals surface area contributed by atoms with Gasteiger partial charge in [-0.25, -0.2) is 0 Å². The molecule has 1 saturated carbocycles. The first kappa shape index (κ1) is 18.4. The van der Waals surface area contributed by atoms with Crippen LogP contribution in [0.3, 0.4) is 0 Å². The molecule has 2 fully saturated rings. The molecule has 0 spiro atoms. The average Bonchev–Trinajstić information content (AvgIpc) is 2.72. The zero-order valence-electron chi connectivity index (χ0n) is 15.0. The van der Waals surface area contributed by atoms with Crippen molar-refractivity contribution in [1.29, 1.82) is 0 Å². The molecule has 1 N–H and O–H groups in total. The summed E-state index contributed by atoms with van der Waals surface area (Å²) in [4.78, 5) is 0. The third kappa shape index (κ3) is 3.17. The maximum Gasteiger partial charge on any atom is 0.350 e. The van der Waals surface area contributed by atoms with E-state index in [2.05, 4.69) is 19.2 Å². The van der Waals surface area contributed by atoms with Crippen LogP contribution >= 0.6 is 7.60 Å². The fraction of sp³-hybridized carbons (Fsp3) is 1.00. The van der Waals surface area contributed by atoms with Gasteiger partial charge in [0.15, 0.2) is 0 Å². The first-order valence-corrected chi connectivity index (χ1v) is 10.5. The van der Waals surface area contributed by atoms with Crippen LogP contribution in [0.15, 0.2) is 0 Å². The zero-order valence-corrected chi connectivity index (χ0v) is 15.9. The lowest BCUT2D eigenvalue weighted by molar-refractivity contribution is 0.157. The van der Waals surface area contributed by atoms with Gasteiger partial charge in [-0.3, -0.25) is 9.88 Å². The Bertz CT molecular complexity index is 410. The van der Waals surface area contributed by atoms with Gasteiger partial charge < -0.3 is 9.05 Å². The Balaban J connectivity index is 2.25. The maximum atomic E-state index is 13.5. The monoisotopic (exact) mass is 331 g/mol. The number of nitrogens with one attached hydrogen (secondary N) is 1. The fourth-order valence-corrected chi connectivity index (χ4v) is 6.69. The van der Waals surface area contributed by atoms with E-state index in [1.807, 2.05) is 20.8 Å². The maximum absolute atomic E-state index is 13.5. The highest BCUT2D eigenvalue weighted by Crippen LogP contribution is 2.68. The molecule has 4 nitrogen and oxygen atoms in total. The second kappa shape index (κ2) is 6.93. The summed E-state index contributed by atoms with van der Waals surface area (Å²) < 4.78 is 24.9. The van der Waals surface area contributed by atoms with E-state index < -0.39 is 12.9 Å². The molecule has 5 heteroatoms. The van der Waals surface area contributed by atoms with Gasteiger partial charge in [0, 0.05) is 6.04 Å².